The van der Waals surface area contributed by atoms with Gasteiger partial charge in [-0.1, -0.05) is 54.1 Å². The van der Waals surface area contributed by atoms with Crippen LogP contribution in [0, 0.1) is 5.82 Å². The molecule has 0 aliphatic heterocycles. The summed E-state index contributed by atoms with van der Waals surface area (Å²) >= 11 is 0. The predicted molar refractivity (Wildman–Crippen MR) is 125 cm³/mol. The fourth-order valence-electron chi connectivity index (χ4n) is 4.03. The zero-order valence-electron chi connectivity index (χ0n) is 18.9. The largest absolute Gasteiger partial charge is 0.354 e. The molecule has 2 aromatic rings. The Morgan fingerprint density at radius 3 is 2.44 bits per heavy atom. The summed E-state index contributed by atoms with van der Waals surface area (Å²) in [6.45, 7) is 2.62. The fourth-order valence-corrected chi connectivity index (χ4v) is 4.03. The van der Waals surface area contributed by atoms with Crippen LogP contribution in [-0.4, -0.2) is 29.3 Å². The van der Waals surface area contributed by atoms with E-state index < -0.39 is 6.04 Å². The number of hydrogen-bond donors (Lipinski definition) is 1. The number of allylic oxidation sites excluding steroid dienone is 1. The van der Waals surface area contributed by atoms with Crippen LogP contribution in [0.25, 0.3) is 0 Å². The van der Waals surface area contributed by atoms with Gasteiger partial charge in [-0.15, -0.1) is 0 Å². The molecule has 2 aromatic carbocycles. The van der Waals surface area contributed by atoms with E-state index in [9.17, 15) is 14.0 Å². The molecule has 0 radical (unpaired) electrons. The molecule has 1 aliphatic rings. The van der Waals surface area contributed by atoms with Gasteiger partial charge in [0.25, 0.3) is 0 Å². The summed E-state index contributed by atoms with van der Waals surface area (Å²) in [6.07, 6.45) is 8.78. The number of carbonyl (C=O) groups is 2. The van der Waals surface area contributed by atoms with Crippen LogP contribution in [0.4, 0.5) is 4.39 Å². The summed E-state index contributed by atoms with van der Waals surface area (Å²) in [5, 5.41) is 3.00. The number of benzene rings is 2. The summed E-state index contributed by atoms with van der Waals surface area (Å²) < 4.78 is 13.3. The van der Waals surface area contributed by atoms with Crippen LogP contribution in [0.5, 0.6) is 0 Å². The first-order chi connectivity index (χ1) is 15.5. The summed E-state index contributed by atoms with van der Waals surface area (Å²) in [4.78, 5) is 27.6. The van der Waals surface area contributed by atoms with Crippen LogP contribution in [0.3, 0.4) is 0 Å². The van der Waals surface area contributed by atoms with Crippen molar-refractivity contribution in [1.29, 1.82) is 0 Å². The van der Waals surface area contributed by atoms with Crippen molar-refractivity contribution in [2.45, 2.75) is 64.5 Å². The lowest BCUT2D eigenvalue weighted by atomic mass is 9.97. The monoisotopic (exact) mass is 436 g/mol. The molecule has 4 nitrogen and oxygen atoms in total. The lowest BCUT2D eigenvalue weighted by Crippen LogP contribution is -2.47. The normalized spacial score (nSPS) is 14.4. The van der Waals surface area contributed by atoms with Crippen molar-refractivity contribution in [3.63, 3.8) is 0 Å². The molecule has 0 heterocycles. The number of nitrogens with one attached hydrogen (secondary N) is 1. The molecule has 0 spiro atoms. The standard InChI is InChI=1S/C27H33FN2O2/c1-21(27(32)29-19-18-23-10-6-3-7-11-23)30(20-24-12-15-25(28)16-13-24)26(31)17-14-22-8-4-2-5-9-22/h2,4-5,8-10,12-13,15-16,21H,3,6-7,11,14,17-20H2,1H3,(H,29,32). The zero-order valence-corrected chi connectivity index (χ0v) is 18.9. The second-order valence-electron chi connectivity index (χ2n) is 8.46. The second kappa shape index (κ2) is 12.2. The van der Waals surface area contributed by atoms with Gasteiger partial charge in [0.05, 0.1) is 0 Å². The average molecular weight is 437 g/mol. The van der Waals surface area contributed by atoms with Gasteiger partial charge >= 0.3 is 0 Å². The molecule has 2 amide bonds. The quantitative estimate of drug-likeness (QED) is 0.522. The third-order valence-electron chi connectivity index (χ3n) is 6.03. The zero-order chi connectivity index (χ0) is 22.8. The summed E-state index contributed by atoms with van der Waals surface area (Å²) in [5.41, 5.74) is 3.29. The highest BCUT2D eigenvalue weighted by molar-refractivity contribution is 5.87. The van der Waals surface area contributed by atoms with E-state index >= 15 is 0 Å². The Bertz CT molecular complexity index is 909. The van der Waals surface area contributed by atoms with E-state index in [0.29, 0.717) is 19.4 Å². The van der Waals surface area contributed by atoms with Crippen molar-refractivity contribution in [2.75, 3.05) is 6.54 Å². The van der Waals surface area contributed by atoms with Crippen LogP contribution in [0.15, 0.2) is 66.2 Å². The highest BCUT2D eigenvalue weighted by Crippen LogP contribution is 2.19. The molecule has 0 fully saturated rings. The van der Waals surface area contributed by atoms with Crippen molar-refractivity contribution in [1.82, 2.24) is 10.2 Å². The number of rotatable bonds is 10. The first-order valence-corrected chi connectivity index (χ1v) is 11.6. The van der Waals surface area contributed by atoms with Crippen LogP contribution in [0.1, 0.15) is 56.6 Å². The van der Waals surface area contributed by atoms with Crippen molar-refractivity contribution in [3.05, 3.63) is 83.2 Å². The number of halogens is 1. The molecule has 3 rings (SSSR count). The summed E-state index contributed by atoms with van der Waals surface area (Å²) in [5.74, 6) is -0.564. The van der Waals surface area contributed by atoms with Gasteiger partial charge in [-0.05, 0) is 68.7 Å². The molecular formula is C27H33FN2O2. The van der Waals surface area contributed by atoms with Crippen molar-refractivity contribution in [3.8, 4) is 0 Å². The van der Waals surface area contributed by atoms with Crippen molar-refractivity contribution >= 4 is 11.8 Å². The van der Waals surface area contributed by atoms with Crippen molar-refractivity contribution < 1.29 is 14.0 Å². The highest BCUT2D eigenvalue weighted by Gasteiger charge is 2.25. The van der Waals surface area contributed by atoms with E-state index in [1.807, 2.05) is 30.3 Å². The van der Waals surface area contributed by atoms with Gasteiger partial charge in [0.2, 0.25) is 11.8 Å². The number of hydrogen-bond acceptors (Lipinski definition) is 2. The van der Waals surface area contributed by atoms with E-state index in [1.54, 1.807) is 24.0 Å². The van der Waals surface area contributed by atoms with Crippen LogP contribution < -0.4 is 5.32 Å². The first kappa shape index (κ1) is 23.7. The second-order valence-corrected chi connectivity index (χ2v) is 8.46. The molecular weight excluding hydrogens is 403 g/mol. The molecule has 1 atom stereocenters. The molecule has 0 saturated heterocycles. The molecule has 1 aliphatic carbocycles. The molecule has 5 heteroatoms. The molecule has 1 unspecified atom stereocenters. The Morgan fingerprint density at radius 1 is 1.00 bits per heavy atom. The lowest BCUT2D eigenvalue weighted by molar-refractivity contribution is -0.140. The topological polar surface area (TPSA) is 49.4 Å². The Kier molecular flexibility index (Phi) is 9.02. The van der Waals surface area contributed by atoms with Gasteiger partial charge in [0.1, 0.15) is 11.9 Å². The van der Waals surface area contributed by atoms with E-state index in [1.165, 1.54) is 30.5 Å². The molecule has 0 saturated carbocycles. The van der Waals surface area contributed by atoms with Gasteiger partial charge in [0.15, 0.2) is 0 Å². The molecule has 1 N–H and O–H groups in total. The smallest absolute Gasteiger partial charge is 0.242 e. The minimum atomic E-state index is -0.608. The Labute approximate surface area is 190 Å². The van der Waals surface area contributed by atoms with Crippen LogP contribution in [-0.2, 0) is 22.6 Å². The first-order valence-electron chi connectivity index (χ1n) is 11.6. The molecule has 0 bridgehead atoms. The maximum atomic E-state index is 13.3. The van der Waals surface area contributed by atoms with E-state index in [4.69, 9.17) is 0 Å². The van der Waals surface area contributed by atoms with Gasteiger partial charge in [-0.25, -0.2) is 4.39 Å². The van der Waals surface area contributed by atoms with Crippen molar-refractivity contribution in [2.24, 2.45) is 0 Å². The van der Waals surface area contributed by atoms with Gasteiger partial charge in [-0.3, -0.25) is 9.59 Å². The van der Waals surface area contributed by atoms with Gasteiger partial charge in [0, 0.05) is 19.5 Å². The number of nitrogens with zero attached hydrogens (tertiary/aromatic N) is 1. The molecule has 32 heavy (non-hydrogen) atoms. The minimum absolute atomic E-state index is 0.0872. The third kappa shape index (κ3) is 7.33. The fraction of sp³-hybridized carbons (Fsp3) is 0.407. The Morgan fingerprint density at radius 2 is 1.75 bits per heavy atom. The Hall–Kier alpha value is -2.95. The van der Waals surface area contributed by atoms with E-state index in [2.05, 4.69) is 11.4 Å². The maximum Gasteiger partial charge on any atom is 0.242 e. The molecule has 170 valence electrons. The summed E-state index contributed by atoms with van der Waals surface area (Å²) in [7, 11) is 0. The molecule has 0 aromatic heterocycles. The third-order valence-corrected chi connectivity index (χ3v) is 6.03. The lowest BCUT2D eigenvalue weighted by Gasteiger charge is -2.29. The van der Waals surface area contributed by atoms with Gasteiger partial charge in [-0.2, -0.15) is 0 Å². The van der Waals surface area contributed by atoms with Gasteiger partial charge < -0.3 is 10.2 Å². The average Bonchev–Trinajstić information content (AvgIpc) is 2.83. The van der Waals surface area contributed by atoms with E-state index in [0.717, 1.165) is 30.4 Å². The minimum Gasteiger partial charge on any atom is -0.354 e. The van der Waals surface area contributed by atoms with Crippen LogP contribution >= 0.6 is 0 Å². The number of amides is 2. The van der Waals surface area contributed by atoms with Crippen LogP contribution in [0.2, 0.25) is 0 Å². The number of carbonyl (C=O) groups excluding carboxylic acids is 2. The highest BCUT2D eigenvalue weighted by atomic mass is 19.1. The van der Waals surface area contributed by atoms with E-state index in [-0.39, 0.29) is 24.2 Å². The maximum absolute atomic E-state index is 13.3. The Balaban J connectivity index is 1.62. The summed E-state index contributed by atoms with van der Waals surface area (Å²) in [6, 6.07) is 15.3. The SMILES string of the molecule is CC(C(=O)NCCC1=CCCCC1)N(Cc1ccc(F)cc1)C(=O)CCc1ccccc1. The predicted octanol–water partition coefficient (Wildman–Crippen LogP) is 5.18. The number of aryl methyl sites for hydroxylation is 1.